The zero-order chi connectivity index (χ0) is 4.41. The molecular formula is C2H3N3S. The lowest BCUT2D eigenvalue weighted by Gasteiger charge is -1.99. The van der Waals surface area contributed by atoms with E-state index in [0.29, 0.717) is 4.41 Å². The van der Waals surface area contributed by atoms with Gasteiger partial charge in [-0.3, -0.25) is 4.41 Å². The molecule has 0 aromatic rings. The molecule has 1 rings (SSSR count). The fourth-order valence-corrected chi connectivity index (χ4v) is 0.329. The van der Waals surface area contributed by atoms with Crippen molar-refractivity contribution in [3.8, 4) is 0 Å². The highest BCUT2D eigenvalue weighted by molar-refractivity contribution is 7.51. The van der Waals surface area contributed by atoms with Gasteiger partial charge in [-0.1, -0.05) is 5.10 Å². The van der Waals surface area contributed by atoms with Gasteiger partial charge in [0.15, 0.2) is 12.7 Å². The first-order chi connectivity index (χ1) is 2.89. The highest BCUT2D eigenvalue weighted by atomic mass is 32.1. The molecule has 0 spiro atoms. The summed E-state index contributed by atoms with van der Waals surface area (Å²) in [4.78, 5) is 3.61. The van der Waals surface area contributed by atoms with Crippen molar-refractivity contribution >= 4 is 25.5 Å². The predicted molar refractivity (Wildman–Crippen MR) is 25.3 cm³/mol. The molecule has 0 bridgehead atoms. The van der Waals surface area contributed by atoms with E-state index in [-0.39, 0.29) is 0 Å². The van der Waals surface area contributed by atoms with Gasteiger partial charge in [-0.05, 0) is 0 Å². The van der Waals surface area contributed by atoms with Gasteiger partial charge < -0.3 is 12.8 Å². The van der Waals surface area contributed by atoms with Crippen LogP contribution in [0.3, 0.4) is 0 Å². The summed E-state index contributed by atoms with van der Waals surface area (Å²) in [6.45, 7) is 0. The molecule has 4 heteroatoms. The second kappa shape index (κ2) is 1.40. The van der Waals surface area contributed by atoms with Crippen molar-refractivity contribution < 1.29 is 4.41 Å². The number of quaternary nitrogens is 1. The van der Waals surface area contributed by atoms with Crippen LogP contribution in [0.2, 0.25) is 0 Å². The molecule has 0 fully saturated rings. The number of hydrogen-bond acceptors (Lipinski definition) is 3. The van der Waals surface area contributed by atoms with E-state index in [4.69, 9.17) is 0 Å². The van der Waals surface area contributed by atoms with Crippen molar-refractivity contribution in [2.24, 2.45) is 10.1 Å². The molecular weight excluding hydrogens is 98.1 g/mol. The van der Waals surface area contributed by atoms with Crippen molar-refractivity contribution in [2.75, 3.05) is 0 Å². The largest absolute Gasteiger partial charge is 0.456 e. The monoisotopic (exact) mass is 101 g/mol. The molecule has 1 N–H and O–H groups in total. The molecule has 0 radical (unpaired) electrons. The van der Waals surface area contributed by atoms with Crippen LogP contribution < -0.4 is 4.41 Å². The molecule has 1 aliphatic heterocycles. The van der Waals surface area contributed by atoms with Crippen LogP contribution in [0.5, 0.6) is 0 Å². The van der Waals surface area contributed by atoms with Crippen molar-refractivity contribution in [1.82, 2.24) is 0 Å². The van der Waals surface area contributed by atoms with Gasteiger partial charge in [0.2, 0.25) is 0 Å². The fraction of sp³-hybridized carbons (Fsp3) is 0. The molecule has 0 saturated carbocycles. The van der Waals surface area contributed by atoms with Gasteiger partial charge in [-0.2, -0.15) is 4.99 Å². The standard InChI is InChI=1S/C2H3N3S/c6-5-2-3-1-4-5/h1-2,5H. The summed E-state index contributed by atoms with van der Waals surface area (Å²) in [6, 6.07) is 0. The number of hydrogen-bond donors (Lipinski definition) is 1. The van der Waals surface area contributed by atoms with E-state index in [2.05, 4.69) is 22.9 Å². The smallest absolute Gasteiger partial charge is 0.198 e. The maximum atomic E-state index is 4.57. The minimum atomic E-state index is 0.565. The maximum absolute atomic E-state index is 4.57. The average Bonchev–Trinajstić information content (AvgIpc) is 1.86. The minimum Gasteiger partial charge on any atom is -0.456 e. The van der Waals surface area contributed by atoms with Crippen LogP contribution in [0, 0.1) is 0 Å². The Hall–Kier alpha value is -0.350. The van der Waals surface area contributed by atoms with E-state index in [1.807, 2.05) is 0 Å². The molecule has 0 aliphatic carbocycles. The summed E-state index contributed by atoms with van der Waals surface area (Å²) < 4.78 is 0.565. The van der Waals surface area contributed by atoms with Crippen molar-refractivity contribution in [3.63, 3.8) is 0 Å². The van der Waals surface area contributed by atoms with Gasteiger partial charge in [0.05, 0.1) is 0 Å². The first kappa shape index (κ1) is 3.83. The second-order valence-corrected chi connectivity index (χ2v) is 1.28. The third kappa shape index (κ3) is 0.580. The van der Waals surface area contributed by atoms with Gasteiger partial charge in [-0.15, -0.1) is 0 Å². The van der Waals surface area contributed by atoms with Gasteiger partial charge >= 0.3 is 0 Å². The first-order valence-electron chi connectivity index (χ1n) is 1.49. The Labute approximate surface area is 40.9 Å². The number of nitrogens with one attached hydrogen (secondary N) is 1. The van der Waals surface area contributed by atoms with Crippen molar-refractivity contribution in [3.05, 3.63) is 0 Å². The number of nitrogens with zero attached hydrogens (tertiary/aromatic N) is 2. The lowest BCUT2D eigenvalue weighted by molar-refractivity contribution is -0.640. The molecule has 1 unspecified atom stereocenters. The third-order valence-electron chi connectivity index (χ3n) is 0.437. The van der Waals surface area contributed by atoms with Crippen LogP contribution >= 0.6 is 0 Å². The molecule has 0 amide bonds. The Bertz CT molecular complexity index is 85.0. The van der Waals surface area contributed by atoms with Gasteiger partial charge in [0.25, 0.3) is 0 Å². The average molecular weight is 101 g/mol. The van der Waals surface area contributed by atoms with E-state index >= 15 is 0 Å². The van der Waals surface area contributed by atoms with Crippen LogP contribution in [-0.4, -0.2) is 12.7 Å². The maximum Gasteiger partial charge on any atom is 0.198 e. The Kier molecular flexibility index (Phi) is 0.894. The van der Waals surface area contributed by atoms with E-state index in [1.165, 1.54) is 12.7 Å². The Balaban J connectivity index is 2.60. The SMILES string of the molecule is [S-][NH+]1C=NC=N1. The van der Waals surface area contributed by atoms with E-state index in [0.717, 1.165) is 0 Å². The molecule has 1 heterocycles. The van der Waals surface area contributed by atoms with Crippen LogP contribution in [0.1, 0.15) is 0 Å². The lowest BCUT2D eigenvalue weighted by atomic mass is 11.3. The summed E-state index contributed by atoms with van der Waals surface area (Å²) in [7, 11) is 0. The van der Waals surface area contributed by atoms with Crippen LogP contribution in [0.25, 0.3) is 0 Å². The third-order valence-corrected chi connectivity index (χ3v) is 0.647. The van der Waals surface area contributed by atoms with E-state index in [1.54, 1.807) is 0 Å². The van der Waals surface area contributed by atoms with Crippen LogP contribution in [-0.2, 0) is 12.8 Å². The molecule has 0 aromatic heterocycles. The highest BCUT2D eigenvalue weighted by Crippen LogP contribution is 1.55. The van der Waals surface area contributed by atoms with Crippen LogP contribution in [0.4, 0.5) is 0 Å². The summed E-state index contributed by atoms with van der Waals surface area (Å²) >= 11 is 4.57. The summed E-state index contributed by atoms with van der Waals surface area (Å²) in [5, 5.41) is 3.62. The van der Waals surface area contributed by atoms with Crippen molar-refractivity contribution in [2.45, 2.75) is 0 Å². The highest BCUT2D eigenvalue weighted by Gasteiger charge is 1.85. The quantitative estimate of drug-likeness (QED) is 0.363. The van der Waals surface area contributed by atoms with Gasteiger partial charge in [-0.25, -0.2) is 0 Å². The van der Waals surface area contributed by atoms with Gasteiger partial charge in [0, 0.05) is 0 Å². The molecule has 0 aromatic carbocycles. The molecule has 1 atom stereocenters. The predicted octanol–water partition coefficient (Wildman–Crippen LogP) is -1.68. The number of aliphatic imine (C=N–C) groups is 1. The molecule has 6 heavy (non-hydrogen) atoms. The Morgan fingerprint density at radius 3 is 2.67 bits per heavy atom. The second-order valence-electron chi connectivity index (χ2n) is 0.861. The summed E-state index contributed by atoms with van der Waals surface area (Å²) in [5.41, 5.74) is 0. The molecule has 32 valence electrons. The summed E-state index contributed by atoms with van der Waals surface area (Å²) in [5.74, 6) is 0. The normalized spacial score (nSPS) is 29.2. The van der Waals surface area contributed by atoms with E-state index in [9.17, 15) is 0 Å². The number of rotatable bonds is 0. The molecule has 0 saturated heterocycles. The zero-order valence-corrected chi connectivity index (χ0v) is 3.77. The lowest BCUT2D eigenvalue weighted by Crippen LogP contribution is -3.00. The fourth-order valence-electron chi connectivity index (χ4n) is 0.221. The summed E-state index contributed by atoms with van der Waals surface area (Å²) in [6.07, 6.45) is 2.97. The molecule has 3 nitrogen and oxygen atoms in total. The first-order valence-corrected chi connectivity index (χ1v) is 1.90. The minimum absolute atomic E-state index is 0.565. The van der Waals surface area contributed by atoms with Gasteiger partial charge in [0.1, 0.15) is 0 Å². The topological polar surface area (TPSA) is 29.2 Å². The molecule has 1 aliphatic rings. The van der Waals surface area contributed by atoms with Crippen LogP contribution in [0.15, 0.2) is 10.1 Å². The van der Waals surface area contributed by atoms with Crippen molar-refractivity contribution in [1.29, 1.82) is 0 Å². The zero-order valence-electron chi connectivity index (χ0n) is 2.96. The Morgan fingerprint density at radius 1 is 1.67 bits per heavy atom. The Morgan fingerprint density at radius 2 is 2.50 bits per heavy atom. The van der Waals surface area contributed by atoms with E-state index < -0.39 is 0 Å².